The molecule has 1 aromatic rings. The fourth-order valence-electron chi connectivity index (χ4n) is 2.80. The van der Waals surface area contributed by atoms with Gasteiger partial charge in [0.1, 0.15) is 12.5 Å². The molecule has 1 saturated heterocycles. The van der Waals surface area contributed by atoms with Crippen LogP contribution in [0.3, 0.4) is 0 Å². The van der Waals surface area contributed by atoms with Crippen molar-refractivity contribution >= 4 is 11.8 Å². The van der Waals surface area contributed by atoms with Gasteiger partial charge < -0.3 is 10.2 Å². The summed E-state index contributed by atoms with van der Waals surface area (Å²) < 4.78 is 37.8. The molecule has 7 heteroatoms. The monoisotopic (exact) mass is 340 g/mol. The van der Waals surface area contributed by atoms with Crippen LogP contribution in [0.15, 0.2) is 43.0 Å². The molecular formula is C17H19F3N2O2. The van der Waals surface area contributed by atoms with Gasteiger partial charge in [-0.2, -0.15) is 13.2 Å². The van der Waals surface area contributed by atoms with E-state index in [4.69, 9.17) is 0 Å². The second kappa shape index (κ2) is 7.51. The Kier molecular flexibility index (Phi) is 5.64. The highest BCUT2D eigenvalue weighted by Crippen LogP contribution is 2.28. The van der Waals surface area contributed by atoms with Crippen molar-refractivity contribution in [3.63, 3.8) is 0 Å². The molecule has 24 heavy (non-hydrogen) atoms. The van der Waals surface area contributed by atoms with Crippen LogP contribution in [0.5, 0.6) is 0 Å². The lowest BCUT2D eigenvalue weighted by molar-refractivity contribution is -0.165. The van der Waals surface area contributed by atoms with Crippen LogP contribution >= 0.6 is 0 Å². The molecule has 2 unspecified atom stereocenters. The molecule has 2 atom stereocenters. The number of piperidine rings is 1. The van der Waals surface area contributed by atoms with Crippen LogP contribution in [0.25, 0.3) is 0 Å². The fourth-order valence-corrected chi connectivity index (χ4v) is 2.80. The van der Waals surface area contributed by atoms with Gasteiger partial charge in [0.2, 0.25) is 11.8 Å². The van der Waals surface area contributed by atoms with Crippen LogP contribution in [-0.4, -0.2) is 36.0 Å². The number of carbonyl (C=O) groups is 2. The van der Waals surface area contributed by atoms with Gasteiger partial charge in [-0.3, -0.25) is 9.59 Å². The van der Waals surface area contributed by atoms with Crippen LogP contribution in [-0.2, 0) is 9.59 Å². The summed E-state index contributed by atoms with van der Waals surface area (Å²) in [6.45, 7) is 1.74. The molecule has 1 aliphatic heterocycles. The Balaban J connectivity index is 2.05. The van der Waals surface area contributed by atoms with E-state index >= 15 is 0 Å². The first-order chi connectivity index (χ1) is 11.3. The van der Waals surface area contributed by atoms with Crippen LogP contribution in [0.4, 0.5) is 13.2 Å². The maximum Gasteiger partial charge on any atom is 0.406 e. The molecule has 2 amide bonds. The van der Waals surface area contributed by atoms with E-state index in [9.17, 15) is 22.8 Å². The van der Waals surface area contributed by atoms with Crippen LogP contribution in [0, 0.1) is 5.92 Å². The molecule has 1 fully saturated rings. The second-order valence-corrected chi connectivity index (χ2v) is 5.72. The van der Waals surface area contributed by atoms with Crippen LogP contribution < -0.4 is 5.32 Å². The molecule has 0 spiro atoms. The van der Waals surface area contributed by atoms with Crippen molar-refractivity contribution in [3.8, 4) is 0 Å². The van der Waals surface area contributed by atoms with Crippen molar-refractivity contribution in [1.82, 2.24) is 10.2 Å². The fraction of sp³-hybridized carbons (Fsp3) is 0.412. The first kappa shape index (κ1) is 18.0. The predicted molar refractivity (Wildman–Crippen MR) is 82.9 cm³/mol. The third-order valence-corrected chi connectivity index (χ3v) is 3.91. The molecule has 1 N–H and O–H groups in total. The Morgan fingerprint density at radius 3 is 2.50 bits per heavy atom. The molecule has 0 aromatic heterocycles. The summed E-state index contributed by atoms with van der Waals surface area (Å²) in [4.78, 5) is 25.2. The largest absolute Gasteiger partial charge is 0.406 e. The van der Waals surface area contributed by atoms with Crippen molar-refractivity contribution < 1.29 is 22.8 Å². The summed E-state index contributed by atoms with van der Waals surface area (Å²) in [6.07, 6.45) is -2.58. The summed E-state index contributed by atoms with van der Waals surface area (Å²) in [7, 11) is 0. The molecule has 0 aliphatic carbocycles. The van der Waals surface area contributed by atoms with Crippen molar-refractivity contribution in [1.29, 1.82) is 0 Å². The number of benzene rings is 1. The van der Waals surface area contributed by atoms with Crippen molar-refractivity contribution in [3.05, 3.63) is 48.6 Å². The van der Waals surface area contributed by atoms with E-state index in [2.05, 4.69) is 11.9 Å². The van der Waals surface area contributed by atoms with Gasteiger partial charge in [0.25, 0.3) is 0 Å². The molecule has 0 saturated carbocycles. The standard InChI is InChI=1S/C17H19F3N2O2/c1-2-10-22(11-17(18,19)20)16(24)13-8-9-14(21-15(13)23)12-6-4-3-5-7-12/h2-7,13-14H,1,8-11H2,(H,21,23). The number of hydrogen-bond donors (Lipinski definition) is 1. The first-order valence-corrected chi connectivity index (χ1v) is 7.63. The number of amides is 2. The Morgan fingerprint density at radius 2 is 1.96 bits per heavy atom. The number of hydrogen-bond acceptors (Lipinski definition) is 2. The van der Waals surface area contributed by atoms with Gasteiger partial charge in [0, 0.05) is 6.54 Å². The van der Waals surface area contributed by atoms with Gasteiger partial charge in [-0.15, -0.1) is 6.58 Å². The van der Waals surface area contributed by atoms with E-state index < -0.39 is 30.5 Å². The lowest BCUT2D eigenvalue weighted by Crippen LogP contribution is -2.49. The van der Waals surface area contributed by atoms with Gasteiger partial charge in [0.15, 0.2) is 0 Å². The summed E-state index contributed by atoms with van der Waals surface area (Å²) in [5.74, 6) is -2.43. The second-order valence-electron chi connectivity index (χ2n) is 5.72. The van der Waals surface area contributed by atoms with Crippen molar-refractivity contribution in [2.75, 3.05) is 13.1 Å². The maximum atomic E-state index is 12.6. The summed E-state index contributed by atoms with van der Waals surface area (Å²) >= 11 is 0. The summed E-state index contributed by atoms with van der Waals surface area (Å²) in [6, 6.07) is 9.03. The van der Waals surface area contributed by atoms with Crippen LogP contribution in [0.1, 0.15) is 24.4 Å². The lowest BCUT2D eigenvalue weighted by Gasteiger charge is -2.32. The third kappa shape index (κ3) is 4.59. The molecule has 2 rings (SSSR count). The molecular weight excluding hydrogens is 321 g/mol. The quantitative estimate of drug-likeness (QED) is 0.662. The first-order valence-electron chi connectivity index (χ1n) is 7.63. The number of carbonyl (C=O) groups excluding carboxylic acids is 2. The highest BCUT2D eigenvalue weighted by Gasteiger charge is 2.39. The SMILES string of the molecule is C=CCN(CC(F)(F)F)C(=O)C1CCC(c2ccccc2)NC1=O. The van der Waals surface area contributed by atoms with Gasteiger partial charge in [0.05, 0.1) is 6.04 Å². The minimum Gasteiger partial charge on any atom is -0.349 e. The van der Waals surface area contributed by atoms with Crippen molar-refractivity contribution in [2.24, 2.45) is 5.92 Å². The highest BCUT2D eigenvalue weighted by atomic mass is 19.4. The number of halogens is 3. The van der Waals surface area contributed by atoms with Gasteiger partial charge in [-0.25, -0.2) is 0 Å². The van der Waals surface area contributed by atoms with E-state index in [1.54, 1.807) is 0 Å². The highest BCUT2D eigenvalue weighted by molar-refractivity contribution is 6.01. The molecule has 130 valence electrons. The molecule has 4 nitrogen and oxygen atoms in total. The number of rotatable bonds is 5. The van der Waals surface area contributed by atoms with E-state index in [0.717, 1.165) is 5.56 Å². The lowest BCUT2D eigenvalue weighted by atomic mass is 9.89. The molecule has 1 aromatic carbocycles. The molecule has 1 aliphatic rings. The third-order valence-electron chi connectivity index (χ3n) is 3.91. The van der Waals surface area contributed by atoms with E-state index in [1.165, 1.54) is 6.08 Å². The van der Waals surface area contributed by atoms with E-state index in [-0.39, 0.29) is 19.0 Å². The van der Waals surface area contributed by atoms with Gasteiger partial charge >= 0.3 is 6.18 Å². The minimum atomic E-state index is -4.52. The van der Waals surface area contributed by atoms with Gasteiger partial charge in [-0.1, -0.05) is 36.4 Å². The summed E-state index contributed by atoms with van der Waals surface area (Å²) in [5, 5.41) is 2.73. The Labute approximate surface area is 138 Å². The Morgan fingerprint density at radius 1 is 1.29 bits per heavy atom. The van der Waals surface area contributed by atoms with E-state index in [1.807, 2.05) is 30.3 Å². The smallest absolute Gasteiger partial charge is 0.349 e. The number of alkyl halides is 3. The molecule has 0 radical (unpaired) electrons. The predicted octanol–water partition coefficient (Wildman–Crippen LogP) is 2.83. The van der Waals surface area contributed by atoms with Crippen LogP contribution in [0.2, 0.25) is 0 Å². The number of nitrogens with zero attached hydrogens (tertiary/aromatic N) is 1. The van der Waals surface area contributed by atoms with E-state index in [0.29, 0.717) is 11.3 Å². The van der Waals surface area contributed by atoms with Crippen molar-refractivity contribution in [2.45, 2.75) is 25.1 Å². The zero-order chi connectivity index (χ0) is 17.7. The maximum absolute atomic E-state index is 12.6. The minimum absolute atomic E-state index is 0.218. The topological polar surface area (TPSA) is 49.4 Å². The number of nitrogens with one attached hydrogen (secondary N) is 1. The average Bonchev–Trinajstić information content (AvgIpc) is 2.53. The molecule has 0 bridgehead atoms. The van der Waals surface area contributed by atoms with Gasteiger partial charge in [-0.05, 0) is 18.4 Å². The Bertz CT molecular complexity index is 602. The zero-order valence-electron chi connectivity index (χ0n) is 13.1. The summed E-state index contributed by atoms with van der Waals surface area (Å²) in [5.41, 5.74) is 0.912. The normalized spacial score (nSPS) is 21.0. The molecule has 1 heterocycles. The Hall–Kier alpha value is -2.31. The average molecular weight is 340 g/mol. The zero-order valence-corrected chi connectivity index (χ0v) is 13.1.